The molecule has 1 fully saturated rings. The molecule has 1 rings (SSSR count). The van der Waals surface area contributed by atoms with Crippen LogP contribution in [0.1, 0.15) is 32.1 Å². The van der Waals surface area contributed by atoms with E-state index >= 15 is 0 Å². The van der Waals surface area contributed by atoms with Gasteiger partial charge in [-0.2, -0.15) is 12.6 Å². The smallest absolute Gasteiger partial charge is 0.0876 e. The van der Waals surface area contributed by atoms with Crippen molar-refractivity contribution in [3.05, 3.63) is 0 Å². The molecular formula is C11H25N2S+. The molecule has 0 aromatic heterocycles. The number of likely N-dealkylation sites (tertiary alicyclic amines) is 1. The summed E-state index contributed by atoms with van der Waals surface area (Å²) in [5, 5.41) is 0. The fraction of sp³-hybridized carbons (Fsp3) is 1.00. The summed E-state index contributed by atoms with van der Waals surface area (Å²) in [5.74, 6) is 1.03. The summed E-state index contributed by atoms with van der Waals surface area (Å²) >= 11 is 4.39. The van der Waals surface area contributed by atoms with Crippen LogP contribution in [0.2, 0.25) is 0 Å². The van der Waals surface area contributed by atoms with E-state index < -0.39 is 0 Å². The zero-order valence-corrected chi connectivity index (χ0v) is 10.1. The molecule has 0 amide bonds. The minimum atomic E-state index is 0.848. The summed E-state index contributed by atoms with van der Waals surface area (Å²) in [6, 6.07) is 0. The van der Waals surface area contributed by atoms with Crippen LogP contribution in [0.4, 0.5) is 0 Å². The third-order valence-electron chi connectivity index (χ3n) is 3.43. The molecule has 0 aliphatic carbocycles. The molecule has 14 heavy (non-hydrogen) atoms. The minimum absolute atomic E-state index is 0.848. The van der Waals surface area contributed by atoms with Crippen molar-refractivity contribution in [3.63, 3.8) is 0 Å². The first kappa shape index (κ1) is 12.3. The van der Waals surface area contributed by atoms with Crippen LogP contribution < -0.4 is 5.73 Å². The molecule has 0 bridgehead atoms. The standard InChI is InChI=1S/C11H24N2S/c12-6-2-5-9-13(10-11-14)7-3-1-4-8-13/h1-12H2/p+1. The van der Waals surface area contributed by atoms with E-state index in [9.17, 15) is 0 Å². The van der Waals surface area contributed by atoms with E-state index in [2.05, 4.69) is 12.6 Å². The fourth-order valence-corrected chi connectivity index (χ4v) is 2.97. The van der Waals surface area contributed by atoms with E-state index in [1.165, 1.54) is 62.8 Å². The monoisotopic (exact) mass is 217 g/mol. The Kier molecular flexibility index (Phi) is 5.90. The number of thiol groups is 1. The summed E-state index contributed by atoms with van der Waals surface area (Å²) in [6.07, 6.45) is 6.74. The van der Waals surface area contributed by atoms with Gasteiger partial charge < -0.3 is 10.2 Å². The average Bonchev–Trinajstić information content (AvgIpc) is 2.20. The topological polar surface area (TPSA) is 26.0 Å². The van der Waals surface area contributed by atoms with Crippen LogP contribution in [0.5, 0.6) is 0 Å². The van der Waals surface area contributed by atoms with Gasteiger partial charge in [-0.1, -0.05) is 0 Å². The van der Waals surface area contributed by atoms with Crippen LogP contribution in [0.25, 0.3) is 0 Å². The third kappa shape index (κ3) is 3.79. The maximum Gasteiger partial charge on any atom is 0.0876 e. The van der Waals surface area contributed by atoms with Gasteiger partial charge in [-0.25, -0.2) is 0 Å². The quantitative estimate of drug-likeness (QED) is 0.395. The van der Waals surface area contributed by atoms with Gasteiger partial charge in [-0.05, 0) is 38.6 Å². The number of hydrogen-bond acceptors (Lipinski definition) is 2. The van der Waals surface area contributed by atoms with Crippen LogP contribution in [-0.2, 0) is 0 Å². The van der Waals surface area contributed by atoms with Crippen molar-refractivity contribution in [2.75, 3.05) is 38.5 Å². The molecule has 0 saturated carbocycles. The molecule has 84 valence electrons. The third-order valence-corrected chi connectivity index (χ3v) is 3.63. The Morgan fingerprint density at radius 1 is 1.00 bits per heavy atom. The van der Waals surface area contributed by atoms with E-state index in [1.54, 1.807) is 0 Å². The van der Waals surface area contributed by atoms with Crippen LogP contribution in [-0.4, -0.2) is 43.0 Å². The van der Waals surface area contributed by atoms with Crippen molar-refractivity contribution < 1.29 is 4.48 Å². The zero-order chi connectivity index (χ0) is 10.3. The van der Waals surface area contributed by atoms with Gasteiger partial charge in [0.25, 0.3) is 0 Å². The molecule has 3 heteroatoms. The van der Waals surface area contributed by atoms with Gasteiger partial charge in [0.1, 0.15) is 0 Å². The van der Waals surface area contributed by atoms with Gasteiger partial charge in [0.05, 0.1) is 26.2 Å². The van der Waals surface area contributed by atoms with Crippen LogP contribution in [0.3, 0.4) is 0 Å². The summed E-state index contributed by atoms with van der Waals surface area (Å²) in [7, 11) is 0. The molecule has 2 nitrogen and oxygen atoms in total. The van der Waals surface area contributed by atoms with Crippen LogP contribution in [0.15, 0.2) is 0 Å². The Morgan fingerprint density at radius 2 is 1.71 bits per heavy atom. The van der Waals surface area contributed by atoms with Crippen molar-refractivity contribution in [1.29, 1.82) is 0 Å². The summed E-state index contributed by atoms with van der Waals surface area (Å²) < 4.78 is 1.32. The first-order valence-electron chi connectivity index (χ1n) is 5.99. The highest BCUT2D eigenvalue weighted by molar-refractivity contribution is 7.80. The number of unbranched alkanes of at least 4 members (excludes halogenated alkanes) is 1. The molecule has 0 aromatic carbocycles. The highest BCUT2D eigenvalue weighted by Crippen LogP contribution is 2.19. The van der Waals surface area contributed by atoms with Crippen LogP contribution >= 0.6 is 12.6 Å². The predicted octanol–water partition coefficient (Wildman–Crippen LogP) is 1.66. The molecule has 0 spiro atoms. The van der Waals surface area contributed by atoms with Gasteiger partial charge in [-0.3, -0.25) is 0 Å². The molecule has 1 aliphatic heterocycles. The van der Waals surface area contributed by atoms with Crippen molar-refractivity contribution in [2.24, 2.45) is 5.73 Å². The fourth-order valence-electron chi connectivity index (χ4n) is 2.55. The predicted molar refractivity (Wildman–Crippen MR) is 65.7 cm³/mol. The number of rotatable bonds is 6. The van der Waals surface area contributed by atoms with Gasteiger partial charge in [0.15, 0.2) is 0 Å². The van der Waals surface area contributed by atoms with Gasteiger partial charge >= 0.3 is 0 Å². The van der Waals surface area contributed by atoms with E-state index in [0.717, 1.165) is 12.3 Å². The first-order valence-corrected chi connectivity index (χ1v) is 6.62. The number of hydrogen-bond donors (Lipinski definition) is 2. The first-order chi connectivity index (χ1) is 6.83. The van der Waals surface area contributed by atoms with Gasteiger partial charge in [-0.15, -0.1) is 0 Å². The molecule has 1 aliphatic rings. The lowest BCUT2D eigenvalue weighted by Gasteiger charge is -2.41. The van der Waals surface area contributed by atoms with E-state index in [0.29, 0.717) is 0 Å². The molecule has 1 heterocycles. The Bertz CT molecular complexity index is 139. The lowest BCUT2D eigenvalue weighted by atomic mass is 10.1. The number of nitrogens with two attached hydrogens (primary N) is 1. The molecule has 0 radical (unpaired) electrons. The zero-order valence-electron chi connectivity index (χ0n) is 9.25. The number of piperidine rings is 1. The summed E-state index contributed by atoms with van der Waals surface area (Å²) in [6.45, 7) is 6.20. The average molecular weight is 217 g/mol. The molecular weight excluding hydrogens is 192 g/mol. The van der Waals surface area contributed by atoms with E-state index in [-0.39, 0.29) is 0 Å². The maximum absolute atomic E-state index is 5.54. The largest absolute Gasteiger partial charge is 0.330 e. The molecule has 0 aromatic rings. The van der Waals surface area contributed by atoms with Crippen molar-refractivity contribution in [2.45, 2.75) is 32.1 Å². The highest BCUT2D eigenvalue weighted by Gasteiger charge is 2.27. The Morgan fingerprint density at radius 3 is 2.29 bits per heavy atom. The lowest BCUT2D eigenvalue weighted by molar-refractivity contribution is -0.930. The van der Waals surface area contributed by atoms with Crippen molar-refractivity contribution in [3.8, 4) is 0 Å². The van der Waals surface area contributed by atoms with Crippen molar-refractivity contribution >= 4 is 12.6 Å². The summed E-state index contributed by atoms with van der Waals surface area (Å²) in [5.41, 5.74) is 5.54. The molecule has 2 N–H and O–H groups in total. The lowest BCUT2D eigenvalue weighted by Crippen LogP contribution is -2.53. The maximum atomic E-state index is 5.54. The Labute approximate surface area is 93.8 Å². The second-order valence-electron chi connectivity index (χ2n) is 4.52. The van der Waals surface area contributed by atoms with E-state index in [1.807, 2.05) is 0 Å². The SMILES string of the molecule is NCCCC[N+]1(CCS)CCCCC1. The van der Waals surface area contributed by atoms with E-state index in [4.69, 9.17) is 5.73 Å². The number of nitrogens with zero attached hydrogens (tertiary/aromatic N) is 1. The molecule has 0 atom stereocenters. The second-order valence-corrected chi connectivity index (χ2v) is 4.96. The molecule has 0 unspecified atom stereocenters. The van der Waals surface area contributed by atoms with Crippen molar-refractivity contribution in [1.82, 2.24) is 0 Å². The highest BCUT2D eigenvalue weighted by atomic mass is 32.1. The second kappa shape index (κ2) is 6.70. The van der Waals surface area contributed by atoms with Gasteiger partial charge in [0.2, 0.25) is 0 Å². The minimum Gasteiger partial charge on any atom is -0.330 e. The summed E-state index contributed by atoms with van der Waals surface area (Å²) in [4.78, 5) is 0. The molecule has 1 saturated heterocycles. The Balaban J connectivity index is 2.34. The van der Waals surface area contributed by atoms with Gasteiger partial charge in [0, 0.05) is 5.75 Å². The normalized spacial score (nSPS) is 21.0. The number of quaternary nitrogens is 1. The Hall–Kier alpha value is 0.270. The van der Waals surface area contributed by atoms with Crippen LogP contribution in [0, 0.1) is 0 Å².